The SMILES string of the molecule is CC(C)(C)NCC(F)Cc1cc(F)ccc1Br. The second-order valence-corrected chi connectivity index (χ2v) is 6.02. The van der Waals surface area contributed by atoms with Crippen molar-refractivity contribution in [1.82, 2.24) is 5.32 Å². The maximum Gasteiger partial charge on any atom is 0.123 e. The van der Waals surface area contributed by atoms with Gasteiger partial charge in [-0.2, -0.15) is 0 Å². The van der Waals surface area contributed by atoms with Crippen LogP contribution in [-0.2, 0) is 6.42 Å². The molecule has 17 heavy (non-hydrogen) atoms. The molecule has 0 saturated heterocycles. The molecule has 0 aliphatic rings. The quantitative estimate of drug-likeness (QED) is 0.891. The predicted octanol–water partition coefficient (Wildman–Crippen LogP) is 3.86. The van der Waals surface area contributed by atoms with Crippen molar-refractivity contribution in [3.05, 3.63) is 34.1 Å². The van der Waals surface area contributed by atoms with E-state index in [-0.39, 0.29) is 24.3 Å². The molecule has 0 aliphatic carbocycles. The van der Waals surface area contributed by atoms with Crippen LogP contribution in [-0.4, -0.2) is 18.3 Å². The lowest BCUT2D eigenvalue weighted by Gasteiger charge is -2.22. The molecule has 4 heteroatoms. The highest BCUT2D eigenvalue weighted by atomic mass is 79.9. The molecule has 1 atom stereocenters. The van der Waals surface area contributed by atoms with Gasteiger partial charge in [0.15, 0.2) is 0 Å². The van der Waals surface area contributed by atoms with Gasteiger partial charge < -0.3 is 5.32 Å². The number of benzene rings is 1. The first-order valence-corrected chi connectivity index (χ1v) is 6.40. The van der Waals surface area contributed by atoms with Gasteiger partial charge in [-0.15, -0.1) is 0 Å². The van der Waals surface area contributed by atoms with Gasteiger partial charge >= 0.3 is 0 Å². The molecule has 1 aromatic rings. The zero-order valence-corrected chi connectivity index (χ0v) is 11.9. The van der Waals surface area contributed by atoms with E-state index in [1.54, 1.807) is 6.07 Å². The summed E-state index contributed by atoms with van der Waals surface area (Å²) in [7, 11) is 0. The largest absolute Gasteiger partial charge is 0.309 e. The average Bonchev–Trinajstić information content (AvgIpc) is 2.20. The van der Waals surface area contributed by atoms with Gasteiger partial charge in [0, 0.05) is 23.0 Å². The molecule has 1 aromatic carbocycles. The Morgan fingerprint density at radius 1 is 1.35 bits per heavy atom. The van der Waals surface area contributed by atoms with Gasteiger partial charge in [0.25, 0.3) is 0 Å². The van der Waals surface area contributed by atoms with Crippen molar-refractivity contribution in [2.75, 3.05) is 6.54 Å². The summed E-state index contributed by atoms with van der Waals surface area (Å²) in [5, 5.41) is 3.09. The number of halogens is 3. The summed E-state index contributed by atoms with van der Waals surface area (Å²) in [5.41, 5.74) is 0.553. The summed E-state index contributed by atoms with van der Waals surface area (Å²) in [5.74, 6) is -0.334. The number of hydrogen-bond acceptors (Lipinski definition) is 1. The second-order valence-electron chi connectivity index (χ2n) is 5.17. The Morgan fingerprint density at radius 3 is 2.59 bits per heavy atom. The van der Waals surface area contributed by atoms with Crippen molar-refractivity contribution >= 4 is 15.9 Å². The molecule has 1 N–H and O–H groups in total. The first-order chi connectivity index (χ1) is 7.78. The minimum absolute atomic E-state index is 0.108. The molecule has 0 amide bonds. The summed E-state index contributed by atoms with van der Waals surface area (Å²) >= 11 is 3.30. The fourth-order valence-corrected chi connectivity index (χ4v) is 1.84. The van der Waals surface area contributed by atoms with Gasteiger partial charge in [0.1, 0.15) is 12.0 Å². The highest BCUT2D eigenvalue weighted by Crippen LogP contribution is 2.20. The fraction of sp³-hybridized carbons (Fsp3) is 0.538. The summed E-state index contributed by atoms with van der Waals surface area (Å²) in [4.78, 5) is 0. The van der Waals surface area contributed by atoms with E-state index in [2.05, 4.69) is 21.2 Å². The smallest absolute Gasteiger partial charge is 0.123 e. The van der Waals surface area contributed by atoms with E-state index in [4.69, 9.17) is 0 Å². The molecule has 0 radical (unpaired) electrons. The van der Waals surface area contributed by atoms with Crippen molar-refractivity contribution in [2.45, 2.75) is 38.9 Å². The molecule has 1 nitrogen and oxygen atoms in total. The molecule has 0 aliphatic heterocycles. The van der Waals surface area contributed by atoms with Crippen LogP contribution in [0.5, 0.6) is 0 Å². The van der Waals surface area contributed by atoms with Crippen molar-refractivity contribution in [3.63, 3.8) is 0 Å². The van der Waals surface area contributed by atoms with Gasteiger partial charge in [0.2, 0.25) is 0 Å². The summed E-state index contributed by atoms with van der Waals surface area (Å²) in [6.07, 6.45) is -0.811. The molecule has 0 fully saturated rings. The Morgan fingerprint density at radius 2 is 2.00 bits per heavy atom. The first-order valence-electron chi connectivity index (χ1n) is 5.61. The molecule has 96 valence electrons. The highest BCUT2D eigenvalue weighted by Gasteiger charge is 2.15. The Balaban J connectivity index is 2.56. The van der Waals surface area contributed by atoms with E-state index in [1.807, 2.05) is 20.8 Å². The predicted molar refractivity (Wildman–Crippen MR) is 70.5 cm³/mol. The molecule has 1 unspecified atom stereocenters. The Bertz CT molecular complexity index is 374. The third-order valence-corrected chi connectivity index (χ3v) is 3.08. The number of nitrogens with one attached hydrogen (secondary N) is 1. The lowest BCUT2D eigenvalue weighted by Crippen LogP contribution is -2.40. The van der Waals surface area contributed by atoms with Crippen LogP contribution in [0.2, 0.25) is 0 Å². The Kier molecular flexibility index (Phi) is 5.07. The zero-order chi connectivity index (χ0) is 13.1. The lowest BCUT2D eigenvalue weighted by atomic mass is 10.1. The van der Waals surface area contributed by atoms with E-state index in [0.717, 1.165) is 4.47 Å². The van der Waals surface area contributed by atoms with E-state index < -0.39 is 6.17 Å². The highest BCUT2D eigenvalue weighted by molar-refractivity contribution is 9.10. The van der Waals surface area contributed by atoms with Crippen molar-refractivity contribution < 1.29 is 8.78 Å². The van der Waals surface area contributed by atoms with Crippen molar-refractivity contribution in [2.24, 2.45) is 0 Å². The molecule has 0 aromatic heterocycles. The molecule has 1 rings (SSSR count). The van der Waals surface area contributed by atoms with E-state index in [9.17, 15) is 8.78 Å². The summed E-state index contributed by atoms with van der Waals surface area (Å²) < 4.78 is 27.5. The molecule has 0 heterocycles. The van der Waals surface area contributed by atoms with Crippen LogP contribution in [0.1, 0.15) is 26.3 Å². The van der Waals surface area contributed by atoms with E-state index in [1.165, 1.54) is 12.1 Å². The molecule has 0 bridgehead atoms. The Labute approximate surface area is 110 Å². The van der Waals surface area contributed by atoms with Gasteiger partial charge in [-0.1, -0.05) is 15.9 Å². The van der Waals surface area contributed by atoms with Gasteiger partial charge in [0.05, 0.1) is 0 Å². The van der Waals surface area contributed by atoms with Crippen molar-refractivity contribution in [3.8, 4) is 0 Å². The van der Waals surface area contributed by atoms with E-state index >= 15 is 0 Å². The molecular weight excluding hydrogens is 288 g/mol. The van der Waals surface area contributed by atoms with E-state index in [0.29, 0.717) is 5.56 Å². The van der Waals surface area contributed by atoms with Crippen molar-refractivity contribution in [1.29, 1.82) is 0 Å². The fourth-order valence-electron chi connectivity index (χ4n) is 1.43. The first kappa shape index (κ1) is 14.6. The minimum atomic E-state index is -1.02. The summed E-state index contributed by atoms with van der Waals surface area (Å²) in [6, 6.07) is 4.33. The van der Waals surface area contributed by atoms with Crippen LogP contribution in [0, 0.1) is 5.82 Å². The Hall–Kier alpha value is -0.480. The van der Waals surface area contributed by atoms with Gasteiger partial charge in [-0.3, -0.25) is 0 Å². The van der Waals surface area contributed by atoms with Crippen LogP contribution in [0.4, 0.5) is 8.78 Å². The van der Waals surface area contributed by atoms with Gasteiger partial charge in [-0.25, -0.2) is 8.78 Å². The average molecular weight is 306 g/mol. The maximum absolute atomic E-state index is 13.7. The summed E-state index contributed by atoms with van der Waals surface area (Å²) in [6.45, 7) is 6.22. The van der Waals surface area contributed by atoms with Gasteiger partial charge in [-0.05, 0) is 44.5 Å². The topological polar surface area (TPSA) is 12.0 Å². The second kappa shape index (κ2) is 5.91. The van der Waals surface area contributed by atoms with Crippen LogP contribution in [0.3, 0.4) is 0 Å². The standard InChI is InChI=1S/C13H18BrF2N/c1-13(2,3)17-8-11(16)7-9-6-10(15)4-5-12(9)14/h4-6,11,17H,7-8H2,1-3H3. The van der Waals surface area contributed by atoms with Crippen LogP contribution in [0.25, 0.3) is 0 Å². The third kappa shape index (κ3) is 5.59. The molecular formula is C13H18BrF2N. The number of hydrogen-bond donors (Lipinski definition) is 1. The molecule has 0 saturated carbocycles. The monoisotopic (exact) mass is 305 g/mol. The van der Waals surface area contributed by atoms with Crippen LogP contribution >= 0.6 is 15.9 Å². The maximum atomic E-state index is 13.7. The number of alkyl halides is 1. The zero-order valence-electron chi connectivity index (χ0n) is 10.4. The van der Waals surface area contributed by atoms with Crippen LogP contribution < -0.4 is 5.32 Å². The molecule has 0 spiro atoms. The number of rotatable bonds is 4. The lowest BCUT2D eigenvalue weighted by molar-refractivity contribution is 0.284. The normalized spacial score (nSPS) is 13.8. The third-order valence-electron chi connectivity index (χ3n) is 2.30. The van der Waals surface area contributed by atoms with Crippen LogP contribution in [0.15, 0.2) is 22.7 Å². The minimum Gasteiger partial charge on any atom is -0.309 e.